The number of carbonyl (C=O) groups excluding carboxylic acids is 2. The standard InChI is InChI=1S/C15H24N4O2/c1-10(12-6-7-12)16-18-14(20)4-3-5-15(21)19-17-11(2)13-8-9-13/h12-13H,3-9H2,1-2H3,(H,18,20)(H,19,21)/b16-10+,17-11+. The molecule has 6 nitrogen and oxygen atoms in total. The Kier molecular flexibility index (Phi) is 5.47. The quantitative estimate of drug-likeness (QED) is 0.529. The van der Waals surface area contributed by atoms with E-state index in [1.165, 1.54) is 25.7 Å². The zero-order valence-electron chi connectivity index (χ0n) is 12.8. The van der Waals surface area contributed by atoms with Crippen molar-refractivity contribution in [2.24, 2.45) is 22.0 Å². The van der Waals surface area contributed by atoms with Crippen molar-refractivity contribution in [1.29, 1.82) is 0 Å². The van der Waals surface area contributed by atoms with Gasteiger partial charge in [-0.05, 0) is 57.8 Å². The summed E-state index contributed by atoms with van der Waals surface area (Å²) in [6, 6.07) is 0. The molecule has 0 aromatic carbocycles. The Bertz CT molecular complexity index is 420. The van der Waals surface area contributed by atoms with Crippen LogP contribution in [-0.2, 0) is 9.59 Å². The van der Waals surface area contributed by atoms with Crippen LogP contribution >= 0.6 is 0 Å². The zero-order valence-corrected chi connectivity index (χ0v) is 12.8. The third-order valence-electron chi connectivity index (χ3n) is 3.86. The van der Waals surface area contributed by atoms with Crippen molar-refractivity contribution in [3.05, 3.63) is 0 Å². The Balaban J connectivity index is 1.55. The van der Waals surface area contributed by atoms with E-state index in [9.17, 15) is 9.59 Å². The van der Waals surface area contributed by atoms with Crippen LogP contribution in [-0.4, -0.2) is 23.2 Å². The monoisotopic (exact) mass is 292 g/mol. The van der Waals surface area contributed by atoms with E-state index < -0.39 is 0 Å². The number of nitrogens with one attached hydrogen (secondary N) is 2. The van der Waals surface area contributed by atoms with Gasteiger partial charge in [0.2, 0.25) is 11.8 Å². The molecule has 0 heterocycles. The third-order valence-corrected chi connectivity index (χ3v) is 3.86. The average Bonchev–Trinajstić information content (AvgIpc) is 3.30. The predicted molar refractivity (Wildman–Crippen MR) is 81.8 cm³/mol. The lowest BCUT2D eigenvalue weighted by atomic mass is 10.2. The summed E-state index contributed by atoms with van der Waals surface area (Å²) in [5.74, 6) is 0.841. The number of hydrogen-bond donors (Lipinski definition) is 2. The Morgan fingerprint density at radius 1 is 0.857 bits per heavy atom. The Labute approximate surface area is 125 Å². The third kappa shape index (κ3) is 6.06. The van der Waals surface area contributed by atoms with E-state index in [2.05, 4.69) is 21.1 Å². The molecule has 2 amide bonds. The van der Waals surface area contributed by atoms with Gasteiger partial charge in [-0.25, -0.2) is 10.9 Å². The molecule has 6 heteroatoms. The molecule has 21 heavy (non-hydrogen) atoms. The highest BCUT2D eigenvalue weighted by Gasteiger charge is 2.25. The Morgan fingerprint density at radius 2 is 1.24 bits per heavy atom. The molecule has 0 atom stereocenters. The minimum Gasteiger partial charge on any atom is -0.273 e. The van der Waals surface area contributed by atoms with Crippen LogP contribution < -0.4 is 10.9 Å². The fourth-order valence-electron chi connectivity index (χ4n) is 2.01. The maximum Gasteiger partial charge on any atom is 0.240 e. The van der Waals surface area contributed by atoms with Gasteiger partial charge in [0.05, 0.1) is 0 Å². The molecule has 0 unspecified atom stereocenters. The molecular weight excluding hydrogens is 268 g/mol. The van der Waals surface area contributed by atoms with Crippen molar-refractivity contribution in [2.45, 2.75) is 58.8 Å². The highest BCUT2D eigenvalue weighted by atomic mass is 16.2. The Hall–Kier alpha value is -1.72. The fourth-order valence-corrected chi connectivity index (χ4v) is 2.01. The molecule has 0 aliphatic heterocycles. The first-order valence-electron chi connectivity index (χ1n) is 7.72. The number of hydrogen-bond acceptors (Lipinski definition) is 4. The topological polar surface area (TPSA) is 82.9 Å². The normalized spacial score (nSPS) is 19.3. The van der Waals surface area contributed by atoms with Crippen LogP contribution in [0.5, 0.6) is 0 Å². The molecule has 2 aliphatic carbocycles. The second kappa shape index (κ2) is 7.33. The van der Waals surface area contributed by atoms with E-state index in [-0.39, 0.29) is 11.8 Å². The van der Waals surface area contributed by atoms with Gasteiger partial charge in [-0.15, -0.1) is 0 Å². The zero-order chi connectivity index (χ0) is 15.2. The van der Waals surface area contributed by atoms with E-state index in [0.717, 1.165) is 11.4 Å². The lowest BCUT2D eigenvalue weighted by molar-refractivity contribution is -0.122. The van der Waals surface area contributed by atoms with Gasteiger partial charge in [-0.2, -0.15) is 10.2 Å². The molecular formula is C15H24N4O2. The number of amides is 2. The van der Waals surface area contributed by atoms with Gasteiger partial charge in [0, 0.05) is 24.3 Å². The molecule has 0 radical (unpaired) electrons. The molecule has 0 aromatic heterocycles. The van der Waals surface area contributed by atoms with Gasteiger partial charge in [-0.1, -0.05) is 0 Å². The minimum absolute atomic E-state index is 0.138. The van der Waals surface area contributed by atoms with E-state index in [1.807, 2.05) is 13.8 Å². The van der Waals surface area contributed by atoms with Crippen molar-refractivity contribution < 1.29 is 9.59 Å². The van der Waals surface area contributed by atoms with Crippen LogP contribution in [0.15, 0.2) is 10.2 Å². The number of nitrogens with zero attached hydrogens (tertiary/aromatic N) is 2. The van der Waals surface area contributed by atoms with Gasteiger partial charge < -0.3 is 0 Å². The van der Waals surface area contributed by atoms with E-state index in [1.54, 1.807) is 0 Å². The summed E-state index contributed by atoms with van der Waals surface area (Å²) in [6.45, 7) is 3.87. The highest BCUT2D eigenvalue weighted by Crippen LogP contribution is 2.30. The molecule has 0 aromatic rings. The summed E-state index contributed by atoms with van der Waals surface area (Å²) in [4.78, 5) is 23.1. The first kappa shape index (κ1) is 15.7. The molecule has 0 saturated heterocycles. The van der Waals surface area contributed by atoms with E-state index in [4.69, 9.17) is 0 Å². The van der Waals surface area contributed by atoms with Gasteiger partial charge in [-0.3, -0.25) is 9.59 Å². The molecule has 0 spiro atoms. The number of rotatable bonds is 8. The summed E-state index contributed by atoms with van der Waals surface area (Å²) in [7, 11) is 0. The first-order chi connectivity index (χ1) is 10.1. The van der Waals surface area contributed by atoms with Crippen LogP contribution in [0.3, 0.4) is 0 Å². The van der Waals surface area contributed by atoms with Crippen LogP contribution in [0.1, 0.15) is 58.8 Å². The van der Waals surface area contributed by atoms with Crippen LogP contribution in [0, 0.1) is 11.8 Å². The molecule has 116 valence electrons. The van der Waals surface area contributed by atoms with E-state index >= 15 is 0 Å². The lowest BCUT2D eigenvalue weighted by Gasteiger charge is -2.03. The largest absolute Gasteiger partial charge is 0.273 e. The summed E-state index contributed by atoms with van der Waals surface area (Å²) in [5, 5.41) is 8.13. The SMILES string of the molecule is C/C(=N\NC(=O)CCCC(=O)N/N=C(\C)C1CC1)C1CC1. The van der Waals surface area contributed by atoms with Gasteiger partial charge >= 0.3 is 0 Å². The van der Waals surface area contributed by atoms with Gasteiger partial charge in [0.1, 0.15) is 0 Å². The average molecular weight is 292 g/mol. The van der Waals surface area contributed by atoms with E-state index in [0.29, 0.717) is 31.1 Å². The molecule has 2 saturated carbocycles. The summed E-state index contributed by atoms with van der Waals surface area (Å²) in [6.07, 6.45) is 5.81. The number of hydrazone groups is 2. The van der Waals surface area contributed by atoms with Crippen molar-refractivity contribution in [3.63, 3.8) is 0 Å². The fraction of sp³-hybridized carbons (Fsp3) is 0.733. The van der Waals surface area contributed by atoms with Crippen molar-refractivity contribution in [2.75, 3.05) is 0 Å². The molecule has 2 aliphatic rings. The number of carbonyl (C=O) groups is 2. The van der Waals surface area contributed by atoms with Crippen LogP contribution in [0.2, 0.25) is 0 Å². The predicted octanol–water partition coefficient (Wildman–Crippen LogP) is 1.96. The van der Waals surface area contributed by atoms with Gasteiger partial charge in [0.15, 0.2) is 0 Å². The second-order valence-electron chi connectivity index (χ2n) is 5.98. The van der Waals surface area contributed by atoms with Gasteiger partial charge in [0.25, 0.3) is 0 Å². The molecule has 2 fully saturated rings. The van der Waals surface area contributed by atoms with Crippen LogP contribution in [0.25, 0.3) is 0 Å². The van der Waals surface area contributed by atoms with Crippen LogP contribution in [0.4, 0.5) is 0 Å². The maximum atomic E-state index is 11.6. The first-order valence-corrected chi connectivity index (χ1v) is 7.72. The second-order valence-corrected chi connectivity index (χ2v) is 5.98. The van der Waals surface area contributed by atoms with Crippen molar-refractivity contribution in [3.8, 4) is 0 Å². The minimum atomic E-state index is -0.138. The van der Waals surface area contributed by atoms with Crippen molar-refractivity contribution >= 4 is 23.2 Å². The summed E-state index contributed by atoms with van der Waals surface area (Å²) in [5.41, 5.74) is 7.06. The summed E-state index contributed by atoms with van der Waals surface area (Å²) < 4.78 is 0. The van der Waals surface area contributed by atoms with Crippen molar-refractivity contribution in [1.82, 2.24) is 10.9 Å². The lowest BCUT2D eigenvalue weighted by Crippen LogP contribution is -2.22. The highest BCUT2D eigenvalue weighted by molar-refractivity contribution is 5.88. The molecule has 0 bridgehead atoms. The maximum absolute atomic E-state index is 11.6. The summed E-state index contributed by atoms with van der Waals surface area (Å²) >= 11 is 0. The smallest absolute Gasteiger partial charge is 0.240 e. The molecule has 2 rings (SSSR count). The molecule has 2 N–H and O–H groups in total. The Morgan fingerprint density at radius 3 is 1.57 bits per heavy atom.